The van der Waals surface area contributed by atoms with Gasteiger partial charge in [-0.1, -0.05) is 54.1 Å². The van der Waals surface area contributed by atoms with Crippen molar-refractivity contribution in [3.05, 3.63) is 70.7 Å². The molecule has 1 saturated heterocycles. The van der Waals surface area contributed by atoms with E-state index in [2.05, 4.69) is 4.90 Å². The van der Waals surface area contributed by atoms with Gasteiger partial charge in [0.15, 0.2) is 0 Å². The molecule has 2 aromatic carbocycles. The van der Waals surface area contributed by atoms with E-state index in [1.807, 2.05) is 54.6 Å². The van der Waals surface area contributed by atoms with Gasteiger partial charge in [-0.05, 0) is 23.3 Å². The van der Waals surface area contributed by atoms with E-state index in [-0.39, 0.29) is 18.6 Å². The van der Waals surface area contributed by atoms with Gasteiger partial charge in [0.1, 0.15) is 0 Å². The predicted molar refractivity (Wildman–Crippen MR) is 87.9 cm³/mol. The van der Waals surface area contributed by atoms with Crippen LogP contribution in [0.3, 0.4) is 0 Å². The summed E-state index contributed by atoms with van der Waals surface area (Å²) in [6.45, 7) is 1.39. The van der Waals surface area contributed by atoms with E-state index in [0.717, 1.165) is 17.7 Å². The zero-order chi connectivity index (χ0) is 15.5. The number of nitrogens with zero attached hydrogens (tertiary/aromatic N) is 1. The van der Waals surface area contributed by atoms with Crippen molar-refractivity contribution in [2.75, 3.05) is 13.2 Å². The Morgan fingerprint density at radius 3 is 2.36 bits per heavy atom. The van der Waals surface area contributed by atoms with E-state index in [9.17, 15) is 10.2 Å². The molecule has 1 fully saturated rings. The number of hydrogen-bond acceptors (Lipinski definition) is 3. The van der Waals surface area contributed by atoms with Crippen molar-refractivity contribution in [3.8, 4) is 0 Å². The van der Waals surface area contributed by atoms with E-state index >= 15 is 0 Å². The highest BCUT2D eigenvalue weighted by Gasteiger charge is 2.40. The molecule has 0 unspecified atom stereocenters. The van der Waals surface area contributed by atoms with E-state index in [1.54, 1.807) is 0 Å². The first-order chi connectivity index (χ1) is 10.7. The van der Waals surface area contributed by atoms with E-state index in [1.165, 1.54) is 0 Å². The third kappa shape index (κ3) is 3.18. The van der Waals surface area contributed by atoms with Crippen LogP contribution < -0.4 is 0 Å². The molecule has 0 aliphatic carbocycles. The van der Waals surface area contributed by atoms with Crippen LogP contribution in [0.15, 0.2) is 54.6 Å². The highest BCUT2D eigenvalue weighted by molar-refractivity contribution is 6.30. The van der Waals surface area contributed by atoms with Gasteiger partial charge >= 0.3 is 0 Å². The van der Waals surface area contributed by atoms with Gasteiger partial charge in [-0.2, -0.15) is 0 Å². The highest BCUT2D eigenvalue weighted by Crippen LogP contribution is 2.33. The van der Waals surface area contributed by atoms with E-state index in [4.69, 9.17) is 11.6 Å². The number of aliphatic hydroxyl groups is 2. The molecule has 1 aliphatic heterocycles. The second-order valence-electron chi connectivity index (χ2n) is 5.81. The summed E-state index contributed by atoms with van der Waals surface area (Å²) in [7, 11) is 0. The molecule has 4 heteroatoms. The molecule has 0 saturated carbocycles. The van der Waals surface area contributed by atoms with Crippen molar-refractivity contribution in [2.45, 2.75) is 24.6 Å². The summed E-state index contributed by atoms with van der Waals surface area (Å²) in [5.41, 5.74) is 2.25. The van der Waals surface area contributed by atoms with Crippen molar-refractivity contribution in [1.82, 2.24) is 4.90 Å². The predicted octanol–water partition coefficient (Wildman–Crippen LogP) is 2.66. The Hall–Kier alpha value is -1.39. The first-order valence-corrected chi connectivity index (χ1v) is 7.89. The van der Waals surface area contributed by atoms with Crippen molar-refractivity contribution >= 4 is 11.6 Å². The lowest BCUT2D eigenvalue weighted by molar-refractivity contribution is 0.0641. The van der Waals surface area contributed by atoms with Crippen LogP contribution in [0, 0.1) is 0 Å². The molecule has 0 aromatic heterocycles. The molecule has 3 rings (SSSR count). The van der Waals surface area contributed by atoms with Crippen LogP contribution >= 0.6 is 11.6 Å². The van der Waals surface area contributed by atoms with Gasteiger partial charge in [-0.3, -0.25) is 4.90 Å². The lowest BCUT2D eigenvalue weighted by Gasteiger charge is -2.24. The summed E-state index contributed by atoms with van der Waals surface area (Å²) in [5, 5.41) is 21.0. The molecular weight excluding hydrogens is 298 g/mol. The molecule has 116 valence electrons. The summed E-state index contributed by atoms with van der Waals surface area (Å²) >= 11 is 5.92. The molecule has 3 atom stereocenters. The summed E-state index contributed by atoms with van der Waals surface area (Å²) < 4.78 is 0. The fraction of sp³-hybridized carbons (Fsp3) is 0.333. The molecule has 2 aromatic rings. The maximum Gasteiger partial charge on any atom is 0.0798 e. The van der Waals surface area contributed by atoms with Gasteiger partial charge in [-0.25, -0.2) is 0 Å². The largest absolute Gasteiger partial charge is 0.395 e. The molecule has 22 heavy (non-hydrogen) atoms. The molecule has 1 aliphatic rings. The number of benzene rings is 2. The summed E-state index contributed by atoms with van der Waals surface area (Å²) in [6.07, 6.45) is -0.556. The average molecular weight is 318 g/mol. The number of likely N-dealkylation sites (tertiary alicyclic amines) is 1. The Morgan fingerprint density at radius 1 is 1.05 bits per heavy atom. The molecule has 0 bridgehead atoms. The Balaban J connectivity index is 1.78. The first-order valence-electron chi connectivity index (χ1n) is 7.51. The van der Waals surface area contributed by atoms with Crippen molar-refractivity contribution < 1.29 is 10.2 Å². The van der Waals surface area contributed by atoms with Crippen LogP contribution in [0.4, 0.5) is 0 Å². The monoisotopic (exact) mass is 317 g/mol. The Kier molecular flexibility index (Phi) is 4.79. The second-order valence-corrected chi connectivity index (χ2v) is 6.25. The quantitative estimate of drug-likeness (QED) is 0.911. The average Bonchev–Trinajstić information content (AvgIpc) is 2.86. The lowest BCUT2D eigenvalue weighted by Crippen LogP contribution is -2.38. The zero-order valence-electron chi connectivity index (χ0n) is 12.3. The third-order valence-electron chi connectivity index (χ3n) is 4.42. The Bertz CT molecular complexity index is 602. The molecule has 3 nitrogen and oxygen atoms in total. The first kappa shape index (κ1) is 15.5. The van der Waals surface area contributed by atoms with Gasteiger partial charge < -0.3 is 10.2 Å². The topological polar surface area (TPSA) is 43.7 Å². The number of aliphatic hydroxyl groups excluding tert-OH is 2. The van der Waals surface area contributed by atoms with Gasteiger partial charge in [0.25, 0.3) is 0 Å². The molecule has 0 amide bonds. The van der Waals surface area contributed by atoms with Crippen LogP contribution in [0.2, 0.25) is 5.02 Å². The van der Waals surface area contributed by atoms with Crippen molar-refractivity contribution in [3.63, 3.8) is 0 Å². The normalized spacial score (nSPS) is 25.5. The second kappa shape index (κ2) is 6.80. The van der Waals surface area contributed by atoms with Crippen molar-refractivity contribution in [2.24, 2.45) is 0 Å². The Labute approximate surface area is 135 Å². The van der Waals surface area contributed by atoms with E-state index in [0.29, 0.717) is 11.6 Å². The fourth-order valence-electron chi connectivity index (χ4n) is 3.21. The maximum atomic E-state index is 10.6. The maximum absolute atomic E-state index is 10.6. The van der Waals surface area contributed by atoms with Gasteiger partial charge in [-0.15, -0.1) is 0 Å². The minimum atomic E-state index is -0.556. The third-order valence-corrected chi connectivity index (χ3v) is 4.67. The van der Waals surface area contributed by atoms with E-state index < -0.39 is 6.10 Å². The smallest absolute Gasteiger partial charge is 0.0798 e. The fourth-order valence-corrected chi connectivity index (χ4v) is 3.34. The number of rotatable bonds is 4. The lowest BCUT2D eigenvalue weighted by atomic mass is 9.94. The summed E-state index contributed by atoms with van der Waals surface area (Å²) in [5.74, 6) is 0.0330. The molecule has 0 radical (unpaired) electrons. The van der Waals surface area contributed by atoms with Gasteiger partial charge in [0, 0.05) is 24.0 Å². The van der Waals surface area contributed by atoms with Crippen LogP contribution in [0.25, 0.3) is 0 Å². The molecular formula is C18H20ClNO2. The summed E-state index contributed by atoms with van der Waals surface area (Å²) in [6, 6.07) is 17.5. The van der Waals surface area contributed by atoms with Gasteiger partial charge in [0.05, 0.1) is 18.8 Å². The number of hydrogen-bond donors (Lipinski definition) is 2. The van der Waals surface area contributed by atoms with Crippen molar-refractivity contribution in [1.29, 1.82) is 0 Å². The van der Waals surface area contributed by atoms with Crippen LogP contribution in [-0.2, 0) is 6.54 Å². The summed E-state index contributed by atoms with van der Waals surface area (Å²) in [4.78, 5) is 2.14. The number of halogens is 1. The molecule has 2 N–H and O–H groups in total. The molecule has 1 heterocycles. The van der Waals surface area contributed by atoms with Crippen LogP contribution in [0.5, 0.6) is 0 Å². The van der Waals surface area contributed by atoms with Crippen LogP contribution in [-0.4, -0.2) is 40.4 Å². The van der Waals surface area contributed by atoms with Crippen LogP contribution in [0.1, 0.15) is 17.0 Å². The van der Waals surface area contributed by atoms with Gasteiger partial charge in [0.2, 0.25) is 0 Å². The highest BCUT2D eigenvalue weighted by atomic mass is 35.5. The minimum Gasteiger partial charge on any atom is -0.395 e. The zero-order valence-corrected chi connectivity index (χ0v) is 13.0. The standard InChI is InChI=1S/C18H20ClNO2/c19-15-8-6-13(7-9-15)10-20-11-16(18(22)17(20)12-21)14-4-2-1-3-5-14/h1-9,16-18,21-22H,10-12H2/t16-,17-,18-/m1/s1. The Morgan fingerprint density at radius 2 is 1.73 bits per heavy atom. The minimum absolute atomic E-state index is 0.0330. The molecule has 0 spiro atoms. The SMILES string of the molecule is OC[C@@H]1[C@H](O)[C@@H](c2ccccc2)CN1Cc1ccc(Cl)cc1.